The van der Waals surface area contributed by atoms with Crippen molar-refractivity contribution in [3.05, 3.63) is 0 Å². The van der Waals surface area contributed by atoms with Crippen molar-refractivity contribution >= 4 is 5.91 Å². The first-order valence-electron chi connectivity index (χ1n) is 5.84. The number of amides is 1. The molecular formula is C11H19F3N2O2. The average molecular weight is 268 g/mol. The molecule has 106 valence electrons. The third kappa shape index (κ3) is 3.14. The standard InChI is InChI=1S/C11H19F3N2O2/c1-10(15,11(12,13)14)9(17)16-5-3-4-8(6-16)7-18-2/h8H,3-7,15H2,1-2H3. The number of ether oxygens (including phenoxy) is 1. The van der Waals surface area contributed by atoms with E-state index in [0.717, 1.165) is 13.3 Å². The van der Waals surface area contributed by atoms with E-state index in [9.17, 15) is 18.0 Å². The van der Waals surface area contributed by atoms with Crippen LogP contribution in [0.15, 0.2) is 0 Å². The van der Waals surface area contributed by atoms with Crippen molar-refractivity contribution in [2.75, 3.05) is 26.8 Å². The van der Waals surface area contributed by atoms with E-state index in [2.05, 4.69) is 0 Å². The first-order chi connectivity index (χ1) is 8.20. The van der Waals surface area contributed by atoms with Gasteiger partial charge in [0.15, 0.2) is 5.54 Å². The number of carbonyl (C=O) groups is 1. The summed E-state index contributed by atoms with van der Waals surface area (Å²) in [7, 11) is 1.53. The van der Waals surface area contributed by atoms with E-state index < -0.39 is 17.6 Å². The third-order valence-electron chi connectivity index (χ3n) is 3.24. The molecule has 1 aliphatic rings. The van der Waals surface area contributed by atoms with Gasteiger partial charge in [0.25, 0.3) is 5.91 Å². The quantitative estimate of drug-likeness (QED) is 0.835. The molecule has 0 radical (unpaired) electrons. The smallest absolute Gasteiger partial charge is 0.384 e. The summed E-state index contributed by atoms with van der Waals surface area (Å²) in [4.78, 5) is 13.1. The Morgan fingerprint density at radius 3 is 2.61 bits per heavy atom. The Morgan fingerprint density at radius 2 is 2.11 bits per heavy atom. The van der Waals surface area contributed by atoms with E-state index in [1.165, 1.54) is 12.0 Å². The van der Waals surface area contributed by atoms with Crippen LogP contribution in [0.4, 0.5) is 13.2 Å². The number of carbonyl (C=O) groups excluding carboxylic acids is 1. The number of likely N-dealkylation sites (tertiary alicyclic amines) is 1. The van der Waals surface area contributed by atoms with Crippen molar-refractivity contribution < 1.29 is 22.7 Å². The van der Waals surface area contributed by atoms with Crippen molar-refractivity contribution in [3.63, 3.8) is 0 Å². The predicted molar refractivity (Wildman–Crippen MR) is 59.8 cm³/mol. The summed E-state index contributed by atoms with van der Waals surface area (Å²) in [5.41, 5.74) is 2.32. The molecule has 1 aliphatic heterocycles. The normalized spacial score (nSPS) is 24.8. The number of halogens is 3. The number of hydrogen-bond acceptors (Lipinski definition) is 3. The second-order valence-electron chi connectivity index (χ2n) is 4.91. The Hall–Kier alpha value is -0.820. The Labute approximate surface area is 104 Å². The van der Waals surface area contributed by atoms with Crippen LogP contribution >= 0.6 is 0 Å². The van der Waals surface area contributed by atoms with Gasteiger partial charge in [-0.3, -0.25) is 4.79 Å². The fraction of sp³-hybridized carbons (Fsp3) is 0.909. The van der Waals surface area contributed by atoms with Gasteiger partial charge in [0.1, 0.15) is 0 Å². The maximum absolute atomic E-state index is 12.7. The minimum atomic E-state index is -4.74. The molecule has 7 heteroatoms. The van der Waals surface area contributed by atoms with Gasteiger partial charge in [0, 0.05) is 20.2 Å². The van der Waals surface area contributed by atoms with Crippen molar-refractivity contribution in [1.29, 1.82) is 0 Å². The van der Waals surface area contributed by atoms with Crippen LogP contribution in [0.5, 0.6) is 0 Å². The molecular weight excluding hydrogens is 249 g/mol. The third-order valence-corrected chi connectivity index (χ3v) is 3.24. The van der Waals surface area contributed by atoms with Crippen molar-refractivity contribution in [2.24, 2.45) is 11.7 Å². The minimum Gasteiger partial charge on any atom is -0.384 e. The Kier molecular flexibility index (Phi) is 4.61. The van der Waals surface area contributed by atoms with Gasteiger partial charge in [-0.05, 0) is 25.7 Å². The van der Waals surface area contributed by atoms with E-state index in [4.69, 9.17) is 10.5 Å². The van der Waals surface area contributed by atoms with Crippen molar-refractivity contribution in [2.45, 2.75) is 31.5 Å². The Bertz CT molecular complexity index is 303. The molecule has 0 saturated carbocycles. The zero-order chi connectivity index (χ0) is 14.0. The van der Waals surface area contributed by atoms with E-state index in [1.807, 2.05) is 0 Å². The zero-order valence-corrected chi connectivity index (χ0v) is 10.6. The summed E-state index contributed by atoms with van der Waals surface area (Å²) in [6.45, 7) is 1.75. The number of hydrogen-bond donors (Lipinski definition) is 1. The van der Waals surface area contributed by atoms with Crippen LogP contribution in [0.2, 0.25) is 0 Å². The van der Waals surface area contributed by atoms with Crippen molar-refractivity contribution in [3.8, 4) is 0 Å². The molecule has 0 bridgehead atoms. The summed E-state index contributed by atoms with van der Waals surface area (Å²) >= 11 is 0. The first kappa shape index (κ1) is 15.2. The van der Waals surface area contributed by atoms with Gasteiger partial charge in [-0.1, -0.05) is 0 Å². The molecule has 0 aromatic rings. The molecule has 2 N–H and O–H groups in total. The van der Waals surface area contributed by atoms with Crippen LogP contribution in [0.1, 0.15) is 19.8 Å². The summed E-state index contributed by atoms with van der Waals surface area (Å²) < 4.78 is 43.0. The molecule has 1 saturated heterocycles. The van der Waals surface area contributed by atoms with Crippen LogP contribution in [-0.4, -0.2) is 49.3 Å². The topological polar surface area (TPSA) is 55.6 Å². The molecule has 1 rings (SSSR count). The van der Waals surface area contributed by atoms with Gasteiger partial charge in [0.05, 0.1) is 6.61 Å². The number of piperidine rings is 1. The number of alkyl halides is 3. The molecule has 2 atom stereocenters. The van der Waals surface area contributed by atoms with Crippen LogP contribution in [0, 0.1) is 5.92 Å². The summed E-state index contributed by atoms with van der Waals surface area (Å²) in [6, 6.07) is 0. The van der Waals surface area contributed by atoms with Crippen LogP contribution in [0.3, 0.4) is 0 Å². The molecule has 1 amide bonds. The second-order valence-corrected chi connectivity index (χ2v) is 4.91. The highest BCUT2D eigenvalue weighted by Crippen LogP contribution is 2.31. The Morgan fingerprint density at radius 1 is 1.50 bits per heavy atom. The molecule has 0 aromatic heterocycles. The lowest BCUT2D eigenvalue weighted by Crippen LogP contribution is -2.63. The highest BCUT2D eigenvalue weighted by atomic mass is 19.4. The van der Waals surface area contributed by atoms with E-state index >= 15 is 0 Å². The molecule has 18 heavy (non-hydrogen) atoms. The molecule has 1 fully saturated rings. The SMILES string of the molecule is COCC1CCCN(C(=O)C(C)(N)C(F)(F)F)C1. The van der Waals surface area contributed by atoms with Crippen LogP contribution in [-0.2, 0) is 9.53 Å². The number of nitrogens with two attached hydrogens (primary N) is 1. The minimum absolute atomic E-state index is 0.0803. The lowest BCUT2D eigenvalue weighted by molar-refractivity contribution is -0.194. The van der Waals surface area contributed by atoms with E-state index in [1.54, 1.807) is 0 Å². The summed E-state index contributed by atoms with van der Waals surface area (Å²) in [5.74, 6) is -0.979. The fourth-order valence-electron chi connectivity index (χ4n) is 2.07. The molecule has 0 aliphatic carbocycles. The van der Waals surface area contributed by atoms with Gasteiger partial charge in [-0.2, -0.15) is 13.2 Å². The fourth-order valence-corrected chi connectivity index (χ4v) is 2.07. The summed E-state index contributed by atoms with van der Waals surface area (Å²) in [6.07, 6.45) is -3.21. The molecule has 4 nitrogen and oxygen atoms in total. The van der Waals surface area contributed by atoms with Crippen LogP contribution in [0.25, 0.3) is 0 Å². The molecule has 0 spiro atoms. The van der Waals surface area contributed by atoms with Crippen LogP contribution < -0.4 is 5.73 Å². The molecule has 1 heterocycles. The molecule has 0 aromatic carbocycles. The lowest BCUT2D eigenvalue weighted by Gasteiger charge is -2.37. The second kappa shape index (κ2) is 5.44. The largest absolute Gasteiger partial charge is 0.415 e. The number of methoxy groups -OCH3 is 1. The molecule has 2 unspecified atom stereocenters. The zero-order valence-electron chi connectivity index (χ0n) is 10.6. The Balaban J connectivity index is 2.72. The number of nitrogens with zero attached hydrogens (tertiary/aromatic N) is 1. The van der Waals surface area contributed by atoms with Gasteiger partial charge in [-0.25, -0.2) is 0 Å². The average Bonchev–Trinajstić information content (AvgIpc) is 2.27. The number of rotatable bonds is 3. The first-order valence-corrected chi connectivity index (χ1v) is 5.84. The maximum atomic E-state index is 12.7. The highest BCUT2D eigenvalue weighted by molar-refractivity contribution is 5.86. The maximum Gasteiger partial charge on any atom is 0.415 e. The van der Waals surface area contributed by atoms with Gasteiger partial charge in [0.2, 0.25) is 0 Å². The van der Waals surface area contributed by atoms with Gasteiger partial charge >= 0.3 is 6.18 Å². The lowest BCUT2D eigenvalue weighted by atomic mass is 9.95. The van der Waals surface area contributed by atoms with Gasteiger partial charge < -0.3 is 15.4 Å². The summed E-state index contributed by atoms with van der Waals surface area (Å²) in [5, 5.41) is 0. The monoisotopic (exact) mass is 268 g/mol. The van der Waals surface area contributed by atoms with Crippen molar-refractivity contribution in [1.82, 2.24) is 4.90 Å². The predicted octanol–water partition coefficient (Wildman–Crippen LogP) is 1.15. The van der Waals surface area contributed by atoms with E-state index in [-0.39, 0.29) is 12.5 Å². The highest BCUT2D eigenvalue weighted by Gasteiger charge is 2.55. The van der Waals surface area contributed by atoms with E-state index in [0.29, 0.717) is 19.6 Å². The van der Waals surface area contributed by atoms with Gasteiger partial charge in [-0.15, -0.1) is 0 Å².